The van der Waals surface area contributed by atoms with Gasteiger partial charge in [-0.05, 0) is 36.4 Å². The molecule has 7 heteroatoms. The molecule has 0 aliphatic heterocycles. The minimum atomic E-state index is -1.22. The quantitative estimate of drug-likeness (QED) is 0.381. The molecule has 0 atom stereocenters. The van der Waals surface area contributed by atoms with Crippen LogP contribution in [-0.2, 0) is 0 Å². The number of aromatic nitrogens is 2. The van der Waals surface area contributed by atoms with E-state index in [0.29, 0.717) is 0 Å². The molecule has 0 bridgehead atoms. The molecule has 0 aliphatic carbocycles. The van der Waals surface area contributed by atoms with Crippen molar-refractivity contribution in [2.75, 3.05) is 7.11 Å². The van der Waals surface area contributed by atoms with Gasteiger partial charge in [-0.2, -0.15) is 0 Å². The van der Waals surface area contributed by atoms with Crippen LogP contribution < -0.4 is 16.0 Å². The molecule has 4 N–H and O–H groups in total. The number of pyridine rings is 2. The molecule has 2 aromatic heterocycles. The van der Waals surface area contributed by atoms with Gasteiger partial charge in [-0.3, -0.25) is 5.43 Å². The van der Waals surface area contributed by atoms with Crippen molar-refractivity contribution < 1.29 is 14.6 Å². The molecule has 0 saturated carbocycles. The zero-order valence-electron chi connectivity index (χ0n) is 12.4. The highest BCUT2D eigenvalue weighted by atomic mass is 16.5. The highest BCUT2D eigenvalue weighted by Gasteiger charge is 2.03. The zero-order valence-corrected chi connectivity index (χ0v) is 12.4. The number of hydrogen-bond acceptors (Lipinski definition) is 5. The van der Waals surface area contributed by atoms with Gasteiger partial charge < -0.3 is 9.84 Å². The van der Waals surface area contributed by atoms with Crippen molar-refractivity contribution in [2.24, 2.45) is 5.84 Å². The standard InChI is InChI=1S/C15H12N2O.CH4N2O2/c1-18-13-6-2-4-12(10-13)14-8-7-11-5-3-9-16-15(11)17-14;2-3-1(4)5/h2-10H,1H3;3H,2H2,(H,4,5). The first kappa shape index (κ1) is 16.2. The number of hydrogen-bond donors (Lipinski definition) is 3. The molecule has 0 spiro atoms. The van der Waals surface area contributed by atoms with Crippen molar-refractivity contribution in [1.29, 1.82) is 0 Å². The summed E-state index contributed by atoms with van der Waals surface area (Å²) in [6.07, 6.45) is 0.537. The molecule has 1 aromatic carbocycles. The second-order valence-corrected chi connectivity index (χ2v) is 4.43. The largest absolute Gasteiger partial charge is 0.497 e. The summed E-state index contributed by atoms with van der Waals surface area (Å²) in [7, 11) is 1.66. The molecule has 0 unspecified atom stereocenters. The van der Waals surface area contributed by atoms with Crippen molar-refractivity contribution in [1.82, 2.24) is 15.4 Å². The minimum absolute atomic E-state index is 0.762. The van der Waals surface area contributed by atoms with E-state index in [1.54, 1.807) is 13.3 Å². The number of ether oxygens (including phenoxy) is 1. The molecular formula is C16H16N4O3. The Hall–Kier alpha value is -3.19. The number of carbonyl (C=O) groups is 1. The van der Waals surface area contributed by atoms with Crippen molar-refractivity contribution in [2.45, 2.75) is 0 Å². The SMILES string of the molecule is COc1cccc(-c2ccc3cccnc3n2)c1.NNC(=O)O. The van der Waals surface area contributed by atoms with Gasteiger partial charge in [0.25, 0.3) is 0 Å². The summed E-state index contributed by atoms with van der Waals surface area (Å²) in [5.41, 5.74) is 4.14. The van der Waals surface area contributed by atoms with Crippen LogP contribution in [0.5, 0.6) is 5.75 Å². The first-order valence-electron chi connectivity index (χ1n) is 6.70. The van der Waals surface area contributed by atoms with Gasteiger partial charge in [0.05, 0.1) is 12.8 Å². The van der Waals surface area contributed by atoms with Crippen molar-refractivity contribution >= 4 is 17.1 Å². The van der Waals surface area contributed by atoms with E-state index in [0.717, 1.165) is 28.0 Å². The van der Waals surface area contributed by atoms with Crippen LogP contribution in [0.25, 0.3) is 22.3 Å². The topological polar surface area (TPSA) is 110 Å². The van der Waals surface area contributed by atoms with Crippen LogP contribution in [0.4, 0.5) is 4.79 Å². The molecule has 0 fully saturated rings. The van der Waals surface area contributed by atoms with Crippen molar-refractivity contribution in [3.05, 3.63) is 54.7 Å². The van der Waals surface area contributed by atoms with E-state index in [-0.39, 0.29) is 0 Å². The summed E-state index contributed by atoms with van der Waals surface area (Å²) >= 11 is 0. The van der Waals surface area contributed by atoms with Crippen LogP contribution in [0.15, 0.2) is 54.7 Å². The lowest BCUT2D eigenvalue weighted by atomic mass is 10.1. The molecule has 23 heavy (non-hydrogen) atoms. The zero-order chi connectivity index (χ0) is 16.7. The number of nitrogens with one attached hydrogen (secondary N) is 1. The smallest absolute Gasteiger partial charge is 0.418 e. The highest BCUT2D eigenvalue weighted by Crippen LogP contribution is 2.23. The molecule has 118 valence electrons. The first-order chi connectivity index (χ1) is 11.1. The maximum atomic E-state index is 9.13. The Morgan fingerprint density at radius 1 is 1.22 bits per heavy atom. The van der Waals surface area contributed by atoms with E-state index in [1.165, 1.54) is 5.43 Å². The Kier molecular flexibility index (Phi) is 5.43. The lowest BCUT2D eigenvalue weighted by Gasteiger charge is -2.04. The number of amides is 1. The maximum Gasteiger partial charge on any atom is 0.418 e. The normalized spacial score (nSPS) is 9.65. The Morgan fingerprint density at radius 3 is 2.70 bits per heavy atom. The summed E-state index contributed by atoms with van der Waals surface area (Å²) < 4.78 is 5.22. The lowest BCUT2D eigenvalue weighted by Crippen LogP contribution is -2.27. The third kappa shape index (κ3) is 4.39. The Labute approximate surface area is 132 Å². The number of nitrogens with zero attached hydrogens (tertiary/aromatic N) is 2. The number of methoxy groups -OCH3 is 1. The molecule has 7 nitrogen and oxygen atoms in total. The third-order valence-electron chi connectivity index (χ3n) is 2.95. The third-order valence-corrected chi connectivity index (χ3v) is 2.95. The van der Waals surface area contributed by atoms with Gasteiger partial charge in [-0.25, -0.2) is 20.6 Å². The average molecular weight is 312 g/mol. The lowest BCUT2D eigenvalue weighted by molar-refractivity contribution is 0.194. The van der Waals surface area contributed by atoms with Gasteiger partial charge in [0, 0.05) is 17.1 Å². The van der Waals surface area contributed by atoms with Gasteiger partial charge in [0.2, 0.25) is 0 Å². The van der Waals surface area contributed by atoms with Crippen LogP contribution in [-0.4, -0.2) is 28.3 Å². The number of carboxylic acid groups (broad SMARTS) is 1. The second-order valence-electron chi connectivity index (χ2n) is 4.43. The summed E-state index contributed by atoms with van der Waals surface area (Å²) in [5, 5.41) is 8.53. The van der Waals surface area contributed by atoms with Crippen LogP contribution in [0.2, 0.25) is 0 Å². The van der Waals surface area contributed by atoms with E-state index in [2.05, 4.69) is 15.8 Å². The molecule has 0 radical (unpaired) electrons. The molecule has 2 heterocycles. The predicted octanol–water partition coefficient (Wildman–Crippen LogP) is 2.43. The molecule has 1 amide bonds. The fourth-order valence-corrected chi connectivity index (χ4v) is 1.90. The number of rotatable bonds is 2. The Bertz CT molecular complexity index is 808. The van der Waals surface area contributed by atoms with Gasteiger partial charge in [0.1, 0.15) is 5.75 Å². The Balaban J connectivity index is 0.000000338. The molecular weight excluding hydrogens is 296 g/mol. The summed E-state index contributed by atoms with van der Waals surface area (Å²) in [4.78, 5) is 18.0. The van der Waals surface area contributed by atoms with E-state index in [1.807, 2.05) is 48.5 Å². The number of benzene rings is 1. The highest BCUT2D eigenvalue weighted by molar-refractivity contribution is 5.78. The second kappa shape index (κ2) is 7.71. The monoisotopic (exact) mass is 312 g/mol. The predicted molar refractivity (Wildman–Crippen MR) is 86.9 cm³/mol. The number of hydrazine groups is 1. The van der Waals surface area contributed by atoms with Crippen LogP contribution in [0.3, 0.4) is 0 Å². The molecule has 0 saturated heterocycles. The van der Waals surface area contributed by atoms with Crippen LogP contribution in [0, 0.1) is 0 Å². The molecule has 0 aliphatic rings. The minimum Gasteiger partial charge on any atom is -0.497 e. The van der Waals surface area contributed by atoms with E-state index in [4.69, 9.17) is 14.6 Å². The maximum absolute atomic E-state index is 9.13. The summed E-state index contributed by atoms with van der Waals surface area (Å²) in [6.45, 7) is 0. The van der Waals surface area contributed by atoms with Gasteiger partial charge >= 0.3 is 6.09 Å². The van der Waals surface area contributed by atoms with E-state index >= 15 is 0 Å². The summed E-state index contributed by atoms with van der Waals surface area (Å²) in [5.74, 6) is 5.15. The van der Waals surface area contributed by atoms with Crippen LogP contribution >= 0.6 is 0 Å². The van der Waals surface area contributed by atoms with Crippen molar-refractivity contribution in [3.63, 3.8) is 0 Å². The van der Waals surface area contributed by atoms with Gasteiger partial charge in [0.15, 0.2) is 5.65 Å². The van der Waals surface area contributed by atoms with Crippen LogP contribution in [0.1, 0.15) is 0 Å². The Morgan fingerprint density at radius 2 is 2.00 bits per heavy atom. The number of fused-ring (bicyclic) bond motifs is 1. The fraction of sp³-hybridized carbons (Fsp3) is 0.0625. The van der Waals surface area contributed by atoms with E-state index < -0.39 is 6.09 Å². The average Bonchev–Trinajstić information content (AvgIpc) is 2.61. The fourth-order valence-electron chi connectivity index (χ4n) is 1.90. The first-order valence-corrected chi connectivity index (χ1v) is 6.70. The molecule has 3 aromatic rings. The molecule has 3 rings (SSSR count). The van der Waals surface area contributed by atoms with Gasteiger partial charge in [-0.1, -0.05) is 12.1 Å². The van der Waals surface area contributed by atoms with E-state index in [9.17, 15) is 0 Å². The number of nitrogens with two attached hydrogens (primary N) is 1. The summed E-state index contributed by atoms with van der Waals surface area (Å²) in [6, 6.07) is 15.8. The van der Waals surface area contributed by atoms with Crippen molar-refractivity contribution in [3.8, 4) is 17.0 Å². The van der Waals surface area contributed by atoms with Gasteiger partial charge in [-0.15, -0.1) is 0 Å².